The lowest BCUT2D eigenvalue weighted by Gasteiger charge is -2.33. The Labute approximate surface area is 135 Å². The van der Waals surface area contributed by atoms with E-state index in [1.165, 1.54) is 18.7 Å². The maximum absolute atomic E-state index is 13.7. The molecule has 2 aromatic rings. The van der Waals surface area contributed by atoms with Crippen LogP contribution in [0.15, 0.2) is 34.9 Å². The third-order valence-corrected chi connectivity index (χ3v) is 4.37. The van der Waals surface area contributed by atoms with E-state index in [4.69, 9.17) is 4.42 Å². The van der Waals surface area contributed by atoms with E-state index in [0.717, 1.165) is 19.4 Å². The van der Waals surface area contributed by atoms with Crippen LogP contribution in [0.4, 0.5) is 4.39 Å². The highest BCUT2D eigenvalue weighted by Gasteiger charge is 2.23. The Bertz CT molecular complexity index is 683. The van der Waals surface area contributed by atoms with Crippen molar-refractivity contribution in [2.24, 2.45) is 0 Å². The summed E-state index contributed by atoms with van der Waals surface area (Å²) < 4.78 is 19.3. The number of likely N-dealkylation sites (tertiary alicyclic amines) is 1. The zero-order valence-electron chi connectivity index (χ0n) is 13.3. The van der Waals surface area contributed by atoms with E-state index in [2.05, 4.69) is 11.9 Å². The van der Waals surface area contributed by atoms with Gasteiger partial charge in [-0.25, -0.2) is 9.37 Å². The van der Waals surface area contributed by atoms with Crippen molar-refractivity contribution in [3.8, 4) is 11.3 Å². The first-order valence-corrected chi connectivity index (χ1v) is 8.14. The van der Waals surface area contributed by atoms with E-state index in [1.54, 1.807) is 18.2 Å². The van der Waals surface area contributed by atoms with E-state index < -0.39 is 0 Å². The molecule has 1 aliphatic rings. The van der Waals surface area contributed by atoms with Crippen LogP contribution in [0.5, 0.6) is 0 Å². The summed E-state index contributed by atoms with van der Waals surface area (Å²) in [4.78, 5) is 18.4. The summed E-state index contributed by atoms with van der Waals surface area (Å²) in [6, 6.07) is 6.74. The fourth-order valence-electron chi connectivity index (χ4n) is 3.04. The van der Waals surface area contributed by atoms with Crippen molar-refractivity contribution in [3.05, 3.63) is 42.2 Å². The van der Waals surface area contributed by atoms with Gasteiger partial charge in [0.2, 0.25) is 5.91 Å². The molecule has 0 radical (unpaired) electrons. The molecule has 0 aliphatic carbocycles. The second-order valence-electron chi connectivity index (χ2n) is 6.03. The van der Waals surface area contributed by atoms with Gasteiger partial charge in [-0.3, -0.25) is 4.79 Å². The summed E-state index contributed by atoms with van der Waals surface area (Å²) in [5, 5.41) is 0. The van der Waals surface area contributed by atoms with Gasteiger partial charge < -0.3 is 9.32 Å². The van der Waals surface area contributed by atoms with Gasteiger partial charge in [-0.2, -0.15) is 0 Å². The molecule has 0 bridgehead atoms. The van der Waals surface area contributed by atoms with Gasteiger partial charge in [-0.15, -0.1) is 0 Å². The Morgan fingerprint density at radius 1 is 1.39 bits per heavy atom. The van der Waals surface area contributed by atoms with Gasteiger partial charge in [-0.05, 0) is 38.3 Å². The van der Waals surface area contributed by atoms with Crippen LogP contribution in [0.2, 0.25) is 0 Å². The topological polar surface area (TPSA) is 46.3 Å². The quantitative estimate of drug-likeness (QED) is 0.861. The number of carbonyl (C=O) groups excluding carboxylic acids is 1. The van der Waals surface area contributed by atoms with Crippen molar-refractivity contribution < 1.29 is 13.6 Å². The third-order valence-electron chi connectivity index (χ3n) is 4.37. The molecule has 1 aromatic heterocycles. The minimum Gasteiger partial charge on any atom is -0.441 e. The van der Waals surface area contributed by atoms with Gasteiger partial charge in [-0.1, -0.05) is 12.1 Å². The van der Waals surface area contributed by atoms with Crippen LogP contribution >= 0.6 is 0 Å². The van der Waals surface area contributed by atoms with Crippen molar-refractivity contribution in [3.63, 3.8) is 0 Å². The smallest absolute Gasteiger partial charge is 0.223 e. The first-order valence-electron chi connectivity index (χ1n) is 8.14. The molecule has 1 atom stereocenters. The van der Waals surface area contributed by atoms with Crippen LogP contribution in [0.25, 0.3) is 11.3 Å². The normalized spacial score (nSPS) is 18.2. The molecule has 1 amide bonds. The fraction of sp³-hybridized carbons (Fsp3) is 0.444. The van der Waals surface area contributed by atoms with E-state index in [0.29, 0.717) is 36.1 Å². The van der Waals surface area contributed by atoms with Crippen molar-refractivity contribution in [1.29, 1.82) is 0 Å². The predicted octanol–water partition coefficient (Wildman–Crippen LogP) is 3.81. The SMILES string of the molecule is CC1CCCCN1C(=O)CCc1ncc(-c2ccccc2F)o1. The Morgan fingerprint density at radius 3 is 3.00 bits per heavy atom. The molecule has 5 heteroatoms. The minimum absolute atomic E-state index is 0.142. The summed E-state index contributed by atoms with van der Waals surface area (Å²) >= 11 is 0. The van der Waals surface area contributed by atoms with Crippen LogP contribution in [0, 0.1) is 5.82 Å². The predicted molar refractivity (Wildman–Crippen MR) is 85.2 cm³/mol. The van der Waals surface area contributed by atoms with Gasteiger partial charge in [0.25, 0.3) is 0 Å². The number of hydrogen-bond donors (Lipinski definition) is 0. The number of hydrogen-bond acceptors (Lipinski definition) is 3. The second-order valence-corrected chi connectivity index (χ2v) is 6.03. The minimum atomic E-state index is -0.339. The molecular formula is C18H21FN2O2. The monoisotopic (exact) mass is 316 g/mol. The lowest BCUT2D eigenvalue weighted by Crippen LogP contribution is -2.42. The highest BCUT2D eigenvalue weighted by Crippen LogP contribution is 2.24. The Balaban J connectivity index is 1.61. The van der Waals surface area contributed by atoms with E-state index in [9.17, 15) is 9.18 Å². The molecule has 1 saturated heterocycles. The molecule has 1 aromatic carbocycles. The second kappa shape index (κ2) is 6.94. The molecule has 1 aliphatic heterocycles. The Hall–Kier alpha value is -2.17. The van der Waals surface area contributed by atoms with Gasteiger partial charge in [0.1, 0.15) is 5.82 Å². The summed E-state index contributed by atoms with van der Waals surface area (Å²) in [5.41, 5.74) is 0.391. The fourth-order valence-corrected chi connectivity index (χ4v) is 3.04. The van der Waals surface area contributed by atoms with Gasteiger partial charge in [0, 0.05) is 25.4 Å². The van der Waals surface area contributed by atoms with Gasteiger partial charge in [0.15, 0.2) is 11.7 Å². The highest BCUT2D eigenvalue weighted by molar-refractivity contribution is 5.76. The number of halogens is 1. The molecular weight excluding hydrogens is 295 g/mol. The number of nitrogens with zero attached hydrogens (tertiary/aromatic N) is 2. The molecule has 2 heterocycles. The molecule has 23 heavy (non-hydrogen) atoms. The van der Waals surface area contributed by atoms with Crippen LogP contribution in [0.3, 0.4) is 0 Å². The molecule has 122 valence electrons. The maximum Gasteiger partial charge on any atom is 0.223 e. The number of aromatic nitrogens is 1. The molecule has 3 rings (SSSR count). The summed E-state index contributed by atoms with van der Waals surface area (Å²) in [6.07, 6.45) is 5.67. The van der Waals surface area contributed by atoms with E-state index in [-0.39, 0.29) is 11.7 Å². The Morgan fingerprint density at radius 2 is 2.22 bits per heavy atom. The summed E-state index contributed by atoms with van der Waals surface area (Å²) in [7, 11) is 0. The average molecular weight is 316 g/mol. The number of rotatable bonds is 4. The molecule has 1 fully saturated rings. The van der Waals surface area contributed by atoms with Crippen LogP contribution < -0.4 is 0 Å². The highest BCUT2D eigenvalue weighted by atomic mass is 19.1. The number of aryl methyl sites for hydroxylation is 1. The van der Waals surface area contributed by atoms with Gasteiger partial charge in [0.05, 0.1) is 11.8 Å². The van der Waals surface area contributed by atoms with Crippen molar-refractivity contribution >= 4 is 5.91 Å². The number of amides is 1. The zero-order chi connectivity index (χ0) is 16.2. The molecule has 1 unspecified atom stereocenters. The molecule has 0 N–H and O–H groups in total. The first kappa shape index (κ1) is 15.7. The van der Waals surface area contributed by atoms with Crippen molar-refractivity contribution in [2.75, 3.05) is 6.54 Å². The van der Waals surface area contributed by atoms with E-state index >= 15 is 0 Å². The van der Waals surface area contributed by atoms with E-state index in [1.807, 2.05) is 4.90 Å². The maximum atomic E-state index is 13.7. The zero-order valence-corrected chi connectivity index (χ0v) is 13.3. The number of carbonyl (C=O) groups is 1. The number of piperidine rings is 1. The first-order chi connectivity index (χ1) is 11.1. The lowest BCUT2D eigenvalue weighted by atomic mass is 10.0. The van der Waals surface area contributed by atoms with Crippen LogP contribution in [-0.4, -0.2) is 28.4 Å². The molecule has 0 spiro atoms. The largest absolute Gasteiger partial charge is 0.441 e. The molecule has 0 saturated carbocycles. The third kappa shape index (κ3) is 3.60. The summed E-state index contributed by atoms with van der Waals surface area (Å²) in [5.74, 6) is 0.675. The van der Waals surface area contributed by atoms with Crippen molar-refractivity contribution in [1.82, 2.24) is 9.88 Å². The number of benzene rings is 1. The average Bonchev–Trinajstić information content (AvgIpc) is 3.02. The molecule has 4 nitrogen and oxygen atoms in total. The lowest BCUT2D eigenvalue weighted by molar-refractivity contribution is -0.134. The van der Waals surface area contributed by atoms with Gasteiger partial charge >= 0.3 is 0 Å². The standard InChI is InChI=1S/C18H21FN2O2/c1-13-6-4-5-11-21(13)18(22)10-9-17-20-12-16(23-17)14-7-2-3-8-15(14)19/h2-3,7-8,12-13H,4-6,9-11H2,1H3. The van der Waals surface area contributed by atoms with Crippen LogP contribution in [0.1, 0.15) is 38.5 Å². The summed E-state index contributed by atoms with van der Waals surface area (Å²) in [6.45, 7) is 2.94. The number of oxazole rings is 1. The van der Waals surface area contributed by atoms with Crippen molar-refractivity contribution in [2.45, 2.75) is 45.1 Å². The van der Waals surface area contributed by atoms with Crippen LogP contribution in [-0.2, 0) is 11.2 Å². The Kier molecular flexibility index (Phi) is 4.74.